The van der Waals surface area contributed by atoms with Gasteiger partial charge in [-0.15, -0.1) is 0 Å². The number of alkyl halides is 1. The van der Waals surface area contributed by atoms with Crippen molar-refractivity contribution in [3.05, 3.63) is 0 Å². The molecule has 0 aromatic rings. The summed E-state index contributed by atoms with van der Waals surface area (Å²) in [5.41, 5.74) is 0. The van der Waals surface area contributed by atoms with Crippen LogP contribution in [0.4, 0.5) is 4.39 Å². The van der Waals surface area contributed by atoms with Gasteiger partial charge in [0.15, 0.2) is 0 Å². The van der Waals surface area contributed by atoms with Gasteiger partial charge in [0.2, 0.25) is 0 Å². The first kappa shape index (κ1) is 7.91. The smallest absolute Gasteiger partial charge is 0.126 e. The summed E-state index contributed by atoms with van der Waals surface area (Å²) in [6.45, 7) is -0.254. The predicted octanol–water partition coefficient (Wildman–Crippen LogP) is -0.533. The third kappa shape index (κ3) is 1.65. The van der Waals surface area contributed by atoms with Crippen LogP contribution in [-0.2, 0) is 4.74 Å². The third-order valence-electron chi connectivity index (χ3n) is 1.60. The van der Waals surface area contributed by atoms with Crippen LogP contribution in [-0.4, -0.2) is 41.8 Å². The lowest BCUT2D eigenvalue weighted by atomic mass is 10.1. The average molecular weight is 150 g/mol. The Kier molecular flexibility index (Phi) is 2.59. The van der Waals surface area contributed by atoms with Crippen molar-refractivity contribution >= 4 is 0 Å². The topological polar surface area (TPSA) is 49.7 Å². The Bertz CT molecular complexity index is 109. The number of ether oxygens (including phenoxy) is 1. The van der Waals surface area contributed by atoms with Crippen LogP contribution >= 0.6 is 0 Å². The summed E-state index contributed by atoms with van der Waals surface area (Å²) in [5, 5.41) is 17.6. The van der Waals surface area contributed by atoms with Gasteiger partial charge in [-0.2, -0.15) is 0 Å². The fourth-order valence-electron chi connectivity index (χ4n) is 0.995. The molecule has 1 heterocycles. The highest BCUT2D eigenvalue weighted by molar-refractivity contribution is 4.77. The van der Waals surface area contributed by atoms with Crippen molar-refractivity contribution in [2.45, 2.75) is 24.8 Å². The number of hydrogen-bond donors (Lipinski definition) is 2. The average Bonchev–Trinajstić information content (AvgIpc) is 1.88. The Morgan fingerprint density at radius 2 is 2.30 bits per heavy atom. The van der Waals surface area contributed by atoms with E-state index < -0.39 is 18.4 Å². The molecule has 2 N–H and O–H groups in total. The van der Waals surface area contributed by atoms with E-state index in [1.165, 1.54) is 0 Å². The summed E-state index contributed by atoms with van der Waals surface area (Å²) in [6, 6.07) is 0. The van der Waals surface area contributed by atoms with E-state index in [9.17, 15) is 4.39 Å². The molecule has 0 aliphatic carbocycles. The molecule has 0 radical (unpaired) electrons. The van der Waals surface area contributed by atoms with E-state index in [2.05, 4.69) is 0 Å². The summed E-state index contributed by atoms with van der Waals surface area (Å²) in [7, 11) is 0. The molecule has 0 spiro atoms. The maximum atomic E-state index is 12.4. The Balaban J connectivity index is 2.36. The normalized spacial score (nSPS) is 41.7. The first-order valence-electron chi connectivity index (χ1n) is 3.28. The quantitative estimate of drug-likeness (QED) is 0.528. The summed E-state index contributed by atoms with van der Waals surface area (Å²) < 4.78 is 17.2. The van der Waals surface area contributed by atoms with E-state index in [1.54, 1.807) is 0 Å². The first-order chi connectivity index (χ1) is 4.74. The van der Waals surface area contributed by atoms with Gasteiger partial charge in [-0.05, 0) is 0 Å². The van der Waals surface area contributed by atoms with E-state index in [4.69, 9.17) is 14.9 Å². The molecule has 60 valence electrons. The summed E-state index contributed by atoms with van der Waals surface area (Å²) in [4.78, 5) is 0. The first-order valence-corrected chi connectivity index (χ1v) is 3.28. The van der Waals surface area contributed by atoms with Crippen molar-refractivity contribution in [1.29, 1.82) is 0 Å². The van der Waals surface area contributed by atoms with Gasteiger partial charge in [-0.25, -0.2) is 4.39 Å². The maximum absolute atomic E-state index is 12.4. The summed E-state index contributed by atoms with van der Waals surface area (Å²) in [5.74, 6) is 0. The van der Waals surface area contributed by atoms with Crippen LogP contribution in [0.2, 0.25) is 0 Å². The van der Waals surface area contributed by atoms with Crippen LogP contribution in [0.5, 0.6) is 0 Å². The monoisotopic (exact) mass is 150 g/mol. The van der Waals surface area contributed by atoms with E-state index in [1.807, 2.05) is 0 Å². The second-order valence-corrected chi connectivity index (χ2v) is 2.45. The SMILES string of the molecule is OCC1OC[C@H](F)C[C@@H]1O. The van der Waals surface area contributed by atoms with Crippen LogP contribution in [0.1, 0.15) is 6.42 Å². The number of halogens is 1. The number of hydrogen-bond acceptors (Lipinski definition) is 3. The second-order valence-electron chi connectivity index (χ2n) is 2.45. The molecule has 10 heavy (non-hydrogen) atoms. The van der Waals surface area contributed by atoms with Crippen LogP contribution in [0.15, 0.2) is 0 Å². The molecule has 1 saturated heterocycles. The minimum atomic E-state index is -1.09. The molecule has 4 heteroatoms. The lowest BCUT2D eigenvalue weighted by Crippen LogP contribution is -2.41. The molecule has 3 atom stereocenters. The third-order valence-corrected chi connectivity index (χ3v) is 1.60. The van der Waals surface area contributed by atoms with Crippen molar-refractivity contribution in [2.24, 2.45) is 0 Å². The molecule has 0 amide bonds. The standard InChI is InChI=1S/C6H11FO3/c7-4-1-5(9)6(2-8)10-3-4/h4-6,8-9H,1-3H2/t4-,5+,6?/m1/s1. The highest BCUT2D eigenvalue weighted by Crippen LogP contribution is 2.15. The fraction of sp³-hybridized carbons (Fsp3) is 1.00. The van der Waals surface area contributed by atoms with Gasteiger partial charge in [0.05, 0.1) is 19.3 Å². The van der Waals surface area contributed by atoms with Crippen LogP contribution in [0.25, 0.3) is 0 Å². The number of rotatable bonds is 1. The molecular weight excluding hydrogens is 139 g/mol. The molecular formula is C6H11FO3. The molecule has 1 aliphatic rings. The van der Waals surface area contributed by atoms with Crippen molar-refractivity contribution in [3.63, 3.8) is 0 Å². The molecule has 3 nitrogen and oxygen atoms in total. The van der Waals surface area contributed by atoms with Crippen molar-refractivity contribution < 1.29 is 19.3 Å². The molecule has 1 fully saturated rings. The van der Waals surface area contributed by atoms with Crippen LogP contribution in [0.3, 0.4) is 0 Å². The lowest BCUT2D eigenvalue weighted by Gasteiger charge is -2.28. The van der Waals surface area contributed by atoms with Gasteiger partial charge in [0.1, 0.15) is 12.3 Å². The molecule has 1 unspecified atom stereocenters. The van der Waals surface area contributed by atoms with E-state index in [-0.39, 0.29) is 19.6 Å². The minimum absolute atomic E-state index is 0.0116. The predicted molar refractivity (Wildman–Crippen MR) is 32.3 cm³/mol. The van der Waals surface area contributed by atoms with E-state index in [0.29, 0.717) is 0 Å². The summed E-state index contributed by atoms with van der Waals surface area (Å²) >= 11 is 0. The molecule has 1 aliphatic heterocycles. The van der Waals surface area contributed by atoms with E-state index >= 15 is 0 Å². The molecule has 1 rings (SSSR count). The lowest BCUT2D eigenvalue weighted by molar-refractivity contribution is -0.120. The van der Waals surface area contributed by atoms with Gasteiger partial charge < -0.3 is 14.9 Å². The maximum Gasteiger partial charge on any atom is 0.126 e. The Morgan fingerprint density at radius 1 is 1.60 bits per heavy atom. The van der Waals surface area contributed by atoms with E-state index in [0.717, 1.165) is 0 Å². The second kappa shape index (κ2) is 3.27. The Morgan fingerprint density at radius 3 is 2.80 bits per heavy atom. The van der Waals surface area contributed by atoms with Gasteiger partial charge in [-0.1, -0.05) is 0 Å². The zero-order valence-corrected chi connectivity index (χ0v) is 5.53. The molecule has 0 aromatic carbocycles. The Labute approximate surface area is 58.4 Å². The van der Waals surface area contributed by atoms with Crippen molar-refractivity contribution in [1.82, 2.24) is 0 Å². The van der Waals surface area contributed by atoms with Gasteiger partial charge in [-0.3, -0.25) is 0 Å². The van der Waals surface area contributed by atoms with Gasteiger partial charge in [0, 0.05) is 6.42 Å². The van der Waals surface area contributed by atoms with Crippen LogP contribution < -0.4 is 0 Å². The highest BCUT2D eigenvalue weighted by Gasteiger charge is 2.28. The largest absolute Gasteiger partial charge is 0.394 e. The van der Waals surface area contributed by atoms with Crippen LogP contribution in [0, 0.1) is 0 Å². The fourth-order valence-corrected chi connectivity index (χ4v) is 0.995. The molecule has 0 bridgehead atoms. The van der Waals surface area contributed by atoms with Crippen molar-refractivity contribution in [2.75, 3.05) is 13.2 Å². The van der Waals surface area contributed by atoms with Crippen molar-refractivity contribution in [3.8, 4) is 0 Å². The number of aliphatic hydroxyl groups excluding tert-OH is 2. The van der Waals surface area contributed by atoms with Gasteiger partial charge in [0.25, 0.3) is 0 Å². The highest BCUT2D eigenvalue weighted by atomic mass is 19.1. The minimum Gasteiger partial charge on any atom is -0.394 e. The molecule has 0 saturated carbocycles. The van der Waals surface area contributed by atoms with Gasteiger partial charge >= 0.3 is 0 Å². The number of aliphatic hydroxyl groups is 2. The summed E-state index contributed by atoms with van der Waals surface area (Å²) in [6.07, 6.45) is -2.45. The zero-order valence-electron chi connectivity index (χ0n) is 5.53. The zero-order chi connectivity index (χ0) is 7.56. The molecule has 0 aromatic heterocycles. The Hall–Kier alpha value is -0.190.